The van der Waals surface area contributed by atoms with Crippen LogP contribution in [0.4, 0.5) is 11.4 Å². The predicted molar refractivity (Wildman–Crippen MR) is 84.3 cm³/mol. The Morgan fingerprint density at radius 1 is 0.714 bits per heavy atom. The largest absolute Gasteiger partial charge is 0.508 e. The lowest BCUT2D eigenvalue weighted by Gasteiger charge is -1.96. The van der Waals surface area contributed by atoms with E-state index in [2.05, 4.69) is 13.8 Å². The van der Waals surface area contributed by atoms with Crippen molar-refractivity contribution in [2.75, 3.05) is 11.5 Å². The minimum atomic E-state index is -0.0880. The first-order valence-corrected chi connectivity index (χ1v) is 6.36. The Labute approximate surface area is 123 Å². The third-order valence-corrected chi connectivity index (χ3v) is 2.03. The number of phenolic OH excluding ortho intramolecular Hbond substituents is 4. The van der Waals surface area contributed by atoms with Crippen molar-refractivity contribution in [3.63, 3.8) is 0 Å². The summed E-state index contributed by atoms with van der Waals surface area (Å²) in [7, 11) is 0. The monoisotopic (exact) mass is 294 g/mol. The quantitative estimate of drug-likeness (QED) is 0.251. The van der Waals surface area contributed by atoms with Crippen LogP contribution in [0.5, 0.6) is 23.0 Å². The molecule has 2 aromatic rings. The molecule has 0 spiro atoms. The predicted octanol–water partition coefficient (Wildman–Crippen LogP) is 2.78. The zero-order chi connectivity index (χ0) is 16.4. The summed E-state index contributed by atoms with van der Waals surface area (Å²) in [6.07, 6.45) is 1.25. The van der Waals surface area contributed by atoms with Gasteiger partial charge in [-0.2, -0.15) is 0 Å². The van der Waals surface area contributed by atoms with Crippen LogP contribution < -0.4 is 11.5 Å². The van der Waals surface area contributed by atoms with E-state index in [1.807, 2.05) is 0 Å². The number of hydrogen-bond donors (Lipinski definition) is 6. The van der Waals surface area contributed by atoms with Crippen LogP contribution in [0.2, 0.25) is 0 Å². The summed E-state index contributed by atoms with van der Waals surface area (Å²) < 4.78 is 0. The summed E-state index contributed by atoms with van der Waals surface area (Å²) in [6.45, 7) is 4.25. The van der Waals surface area contributed by atoms with Crippen LogP contribution in [-0.4, -0.2) is 20.4 Å². The summed E-state index contributed by atoms with van der Waals surface area (Å²) in [5, 5.41) is 35.1. The number of rotatable bonds is 0. The molecule has 0 unspecified atom stereocenters. The lowest BCUT2D eigenvalue weighted by atomic mass is 10.3. The van der Waals surface area contributed by atoms with E-state index in [1.165, 1.54) is 42.8 Å². The van der Waals surface area contributed by atoms with Crippen LogP contribution in [0, 0.1) is 0 Å². The number of hydrogen-bond acceptors (Lipinski definition) is 6. The molecular weight excluding hydrogens is 272 g/mol. The Kier molecular flexibility index (Phi) is 7.98. The van der Waals surface area contributed by atoms with Gasteiger partial charge in [0.2, 0.25) is 0 Å². The maximum Gasteiger partial charge on any atom is 0.142 e. The molecule has 2 aromatic carbocycles. The Morgan fingerprint density at radius 3 is 1.19 bits per heavy atom. The fraction of sp³-hybridized carbons (Fsp3) is 0.200. The highest BCUT2D eigenvalue weighted by atomic mass is 16.3. The van der Waals surface area contributed by atoms with Gasteiger partial charge >= 0.3 is 0 Å². The highest BCUT2D eigenvalue weighted by Crippen LogP contribution is 2.24. The van der Waals surface area contributed by atoms with E-state index in [4.69, 9.17) is 31.9 Å². The van der Waals surface area contributed by atoms with Crippen LogP contribution in [0.1, 0.15) is 20.3 Å². The molecule has 0 radical (unpaired) electrons. The van der Waals surface area contributed by atoms with Crippen molar-refractivity contribution in [2.24, 2.45) is 0 Å². The van der Waals surface area contributed by atoms with E-state index in [1.54, 1.807) is 0 Å². The van der Waals surface area contributed by atoms with Crippen LogP contribution in [-0.2, 0) is 0 Å². The van der Waals surface area contributed by atoms with Gasteiger partial charge in [-0.1, -0.05) is 20.3 Å². The molecule has 0 heterocycles. The maximum atomic E-state index is 8.82. The molecule has 0 aliphatic rings. The van der Waals surface area contributed by atoms with Crippen molar-refractivity contribution in [1.82, 2.24) is 0 Å². The molecule has 2 rings (SSSR count). The molecule has 0 bridgehead atoms. The second kappa shape index (κ2) is 9.19. The summed E-state index contributed by atoms with van der Waals surface area (Å²) in [5.41, 5.74) is 11.0. The zero-order valence-corrected chi connectivity index (χ0v) is 12.1. The van der Waals surface area contributed by atoms with Crippen LogP contribution in [0.3, 0.4) is 0 Å². The molecule has 0 aromatic heterocycles. The van der Waals surface area contributed by atoms with E-state index in [0.717, 1.165) is 0 Å². The fourth-order valence-electron chi connectivity index (χ4n) is 1.06. The van der Waals surface area contributed by atoms with Gasteiger partial charge in [-0.3, -0.25) is 0 Å². The average molecular weight is 294 g/mol. The van der Waals surface area contributed by atoms with E-state index in [0.29, 0.717) is 0 Å². The van der Waals surface area contributed by atoms with E-state index < -0.39 is 0 Å². The average Bonchev–Trinajstić information content (AvgIpc) is 2.41. The molecule has 0 aliphatic carbocycles. The normalized spacial score (nSPS) is 8.86. The molecule has 0 fully saturated rings. The third kappa shape index (κ3) is 7.41. The molecule has 6 heteroatoms. The highest BCUT2D eigenvalue weighted by Gasteiger charge is 1.95. The summed E-state index contributed by atoms with van der Waals surface area (Å²) in [6, 6.07) is 8.07. The van der Waals surface area contributed by atoms with Gasteiger partial charge in [0.1, 0.15) is 23.0 Å². The number of nitrogens with two attached hydrogens (primary N) is 2. The standard InChI is InChI=1S/2C6H7NO2.C3H8/c2*7-5-2-1-4(8)3-6(5)9;1-3-2/h2*1-3,8-9H,7H2;3H2,1-2H3. The first kappa shape index (κ1) is 18.2. The molecule has 0 amide bonds. The molecule has 0 aliphatic heterocycles. The number of aromatic hydroxyl groups is 4. The Morgan fingerprint density at radius 2 is 1.00 bits per heavy atom. The Bertz CT molecular complexity index is 510. The second-order valence-electron chi connectivity index (χ2n) is 4.19. The first-order chi connectivity index (χ1) is 9.81. The number of benzene rings is 2. The smallest absolute Gasteiger partial charge is 0.142 e. The van der Waals surface area contributed by atoms with Crippen molar-refractivity contribution >= 4 is 11.4 Å². The summed E-state index contributed by atoms with van der Waals surface area (Å²) >= 11 is 0. The molecule has 8 N–H and O–H groups in total. The van der Waals surface area contributed by atoms with Gasteiger partial charge < -0.3 is 31.9 Å². The van der Waals surface area contributed by atoms with Gasteiger partial charge in [-0.25, -0.2) is 0 Å². The minimum Gasteiger partial charge on any atom is -0.508 e. The SMILES string of the molecule is CCC.Nc1ccc(O)cc1O.Nc1ccc(O)cc1O. The Balaban J connectivity index is 0.000000322. The molecule has 0 saturated carbocycles. The molecule has 116 valence electrons. The van der Waals surface area contributed by atoms with E-state index in [9.17, 15) is 0 Å². The lowest BCUT2D eigenvalue weighted by molar-refractivity contribution is 0.451. The second-order valence-corrected chi connectivity index (χ2v) is 4.19. The van der Waals surface area contributed by atoms with Gasteiger partial charge in [-0.15, -0.1) is 0 Å². The molecule has 0 atom stereocenters. The highest BCUT2D eigenvalue weighted by molar-refractivity contribution is 5.54. The molecule has 0 saturated heterocycles. The van der Waals surface area contributed by atoms with Crippen molar-refractivity contribution in [1.29, 1.82) is 0 Å². The van der Waals surface area contributed by atoms with Crippen LogP contribution in [0.25, 0.3) is 0 Å². The van der Waals surface area contributed by atoms with E-state index in [-0.39, 0.29) is 34.4 Å². The van der Waals surface area contributed by atoms with Crippen LogP contribution in [0.15, 0.2) is 36.4 Å². The third-order valence-electron chi connectivity index (χ3n) is 2.03. The first-order valence-electron chi connectivity index (χ1n) is 6.36. The zero-order valence-electron chi connectivity index (χ0n) is 12.1. The van der Waals surface area contributed by atoms with Crippen molar-refractivity contribution in [3.05, 3.63) is 36.4 Å². The minimum absolute atomic E-state index is 0.0155. The molecule has 21 heavy (non-hydrogen) atoms. The lowest BCUT2D eigenvalue weighted by Crippen LogP contribution is -1.82. The van der Waals surface area contributed by atoms with Gasteiger partial charge in [0.05, 0.1) is 11.4 Å². The summed E-state index contributed by atoms with van der Waals surface area (Å²) in [5.74, 6) is -0.145. The van der Waals surface area contributed by atoms with Gasteiger partial charge in [0.15, 0.2) is 0 Å². The molecular formula is C15H22N2O4. The number of anilines is 2. The number of phenols is 4. The Hall–Kier alpha value is -2.76. The van der Waals surface area contributed by atoms with Gasteiger partial charge in [0.25, 0.3) is 0 Å². The van der Waals surface area contributed by atoms with Gasteiger partial charge in [0, 0.05) is 12.1 Å². The number of nitrogen functional groups attached to an aromatic ring is 2. The van der Waals surface area contributed by atoms with Crippen LogP contribution >= 0.6 is 0 Å². The van der Waals surface area contributed by atoms with Gasteiger partial charge in [-0.05, 0) is 24.3 Å². The maximum absolute atomic E-state index is 8.82. The van der Waals surface area contributed by atoms with Crippen molar-refractivity contribution in [3.8, 4) is 23.0 Å². The van der Waals surface area contributed by atoms with Crippen molar-refractivity contribution < 1.29 is 20.4 Å². The van der Waals surface area contributed by atoms with E-state index >= 15 is 0 Å². The fourth-order valence-corrected chi connectivity index (χ4v) is 1.06. The topological polar surface area (TPSA) is 133 Å². The van der Waals surface area contributed by atoms with Crippen molar-refractivity contribution in [2.45, 2.75) is 20.3 Å². The molecule has 6 nitrogen and oxygen atoms in total. The summed E-state index contributed by atoms with van der Waals surface area (Å²) in [4.78, 5) is 0.